The van der Waals surface area contributed by atoms with E-state index in [4.69, 9.17) is 11.6 Å². The number of aryl methyl sites for hydroxylation is 1. The van der Waals surface area contributed by atoms with Crippen LogP contribution in [0.25, 0.3) is 11.0 Å². The molecule has 0 bridgehead atoms. The minimum atomic E-state index is 0.160. The minimum Gasteiger partial charge on any atom is -0.341 e. The Morgan fingerprint density at radius 1 is 1.24 bits per heavy atom. The zero-order valence-electron chi connectivity index (χ0n) is 12.2. The summed E-state index contributed by atoms with van der Waals surface area (Å²) in [5.74, 6) is 0.961. The van der Waals surface area contributed by atoms with E-state index in [-0.39, 0.29) is 6.04 Å². The van der Waals surface area contributed by atoms with Crippen molar-refractivity contribution in [2.24, 2.45) is 0 Å². The molecule has 0 saturated carbocycles. The molecular weight excluding hydrogens is 282 g/mol. The molecule has 0 aliphatic heterocycles. The monoisotopic (exact) mass is 299 g/mol. The number of para-hydroxylation sites is 2. The molecular formula is C17H18ClN3. The number of rotatable bonds is 4. The van der Waals surface area contributed by atoms with Crippen molar-refractivity contribution in [2.75, 3.05) is 0 Å². The molecule has 3 aromatic rings. The predicted molar refractivity (Wildman–Crippen MR) is 87.5 cm³/mol. The zero-order chi connectivity index (χ0) is 14.8. The fourth-order valence-electron chi connectivity index (χ4n) is 2.39. The highest BCUT2D eigenvalue weighted by Gasteiger charge is 2.10. The van der Waals surface area contributed by atoms with Gasteiger partial charge in [0.2, 0.25) is 0 Å². The quantitative estimate of drug-likeness (QED) is 0.751. The number of hydrogen-bond donors (Lipinski definition) is 2. The molecule has 0 saturated heterocycles. The van der Waals surface area contributed by atoms with Gasteiger partial charge in [0.15, 0.2) is 0 Å². The van der Waals surface area contributed by atoms with Crippen molar-refractivity contribution < 1.29 is 0 Å². The topological polar surface area (TPSA) is 40.7 Å². The van der Waals surface area contributed by atoms with Crippen LogP contribution in [0.15, 0.2) is 42.5 Å². The predicted octanol–water partition coefficient (Wildman–Crippen LogP) is 4.38. The highest BCUT2D eigenvalue weighted by Crippen LogP contribution is 2.18. The number of nitrogens with zero attached hydrogens (tertiary/aromatic N) is 1. The summed E-state index contributed by atoms with van der Waals surface area (Å²) in [5, 5.41) is 4.28. The summed E-state index contributed by atoms with van der Waals surface area (Å²) >= 11 is 5.99. The summed E-state index contributed by atoms with van der Waals surface area (Å²) in [5.41, 5.74) is 4.53. The van der Waals surface area contributed by atoms with Gasteiger partial charge in [-0.3, -0.25) is 0 Å². The first-order valence-electron chi connectivity index (χ1n) is 7.06. The van der Waals surface area contributed by atoms with Crippen molar-refractivity contribution in [3.63, 3.8) is 0 Å². The van der Waals surface area contributed by atoms with E-state index in [1.165, 1.54) is 11.1 Å². The van der Waals surface area contributed by atoms with Crippen molar-refractivity contribution in [1.82, 2.24) is 15.3 Å². The first kappa shape index (κ1) is 14.1. The number of imidazole rings is 1. The first-order valence-corrected chi connectivity index (χ1v) is 7.44. The Morgan fingerprint density at radius 3 is 2.81 bits per heavy atom. The van der Waals surface area contributed by atoms with Crippen LogP contribution < -0.4 is 5.32 Å². The van der Waals surface area contributed by atoms with Crippen molar-refractivity contribution in [3.05, 3.63) is 64.4 Å². The molecule has 3 nitrogen and oxygen atoms in total. The number of fused-ring (bicyclic) bond motifs is 1. The molecule has 1 atom stereocenters. The van der Waals surface area contributed by atoms with Crippen molar-refractivity contribution in [3.8, 4) is 0 Å². The van der Waals surface area contributed by atoms with Crippen LogP contribution in [0.1, 0.15) is 29.9 Å². The van der Waals surface area contributed by atoms with Crippen LogP contribution in [0.4, 0.5) is 0 Å². The Labute approximate surface area is 129 Å². The van der Waals surface area contributed by atoms with Crippen LogP contribution in [-0.2, 0) is 6.54 Å². The molecule has 2 N–H and O–H groups in total. The summed E-state index contributed by atoms with van der Waals surface area (Å²) in [4.78, 5) is 7.98. The molecule has 0 aliphatic carbocycles. The number of nitrogens with one attached hydrogen (secondary N) is 2. The highest BCUT2D eigenvalue weighted by atomic mass is 35.5. The standard InChI is InChI=1S/C17H18ClN3/c1-11-9-14(18)8-7-13(11)10-19-12(2)17-20-15-5-3-4-6-16(15)21-17/h3-9,12,19H,10H2,1-2H3,(H,20,21). The summed E-state index contributed by atoms with van der Waals surface area (Å²) in [6, 6.07) is 14.2. The Balaban J connectivity index is 1.72. The van der Waals surface area contributed by atoms with Gasteiger partial charge >= 0.3 is 0 Å². The molecule has 3 rings (SSSR count). The van der Waals surface area contributed by atoms with E-state index in [0.717, 1.165) is 28.4 Å². The molecule has 1 heterocycles. The van der Waals surface area contributed by atoms with E-state index in [1.807, 2.05) is 36.4 Å². The maximum absolute atomic E-state index is 5.99. The fraction of sp³-hybridized carbons (Fsp3) is 0.235. The SMILES string of the molecule is Cc1cc(Cl)ccc1CNC(C)c1nc2ccccc2[nH]1. The molecule has 2 aromatic carbocycles. The lowest BCUT2D eigenvalue weighted by atomic mass is 10.1. The van der Waals surface area contributed by atoms with Crippen LogP contribution >= 0.6 is 11.6 Å². The third-order valence-electron chi connectivity index (χ3n) is 3.72. The van der Waals surface area contributed by atoms with Crippen LogP contribution in [-0.4, -0.2) is 9.97 Å². The molecule has 0 spiro atoms. The van der Waals surface area contributed by atoms with Crippen molar-refractivity contribution in [1.29, 1.82) is 0 Å². The Morgan fingerprint density at radius 2 is 2.05 bits per heavy atom. The number of hydrogen-bond acceptors (Lipinski definition) is 2. The Bertz CT molecular complexity index is 731. The molecule has 1 aromatic heterocycles. The second-order valence-electron chi connectivity index (χ2n) is 5.31. The van der Waals surface area contributed by atoms with E-state index >= 15 is 0 Å². The number of halogens is 1. The number of aromatic nitrogens is 2. The lowest BCUT2D eigenvalue weighted by Gasteiger charge is -2.13. The lowest BCUT2D eigenvalue weighted by Crippen LogP contribution is -2.19. The average molecular weight is 300 g/mol. The van der Waals surface area contributed by atoms with E-state index in [0.29, 0.717) is 0 Å². The Hall–Kier alpha value is -1.84. The molecule has 0 aliphatic rings. The fourth-order valence-corrected chi connectivity index (χ4v) is 2.62. The molecule has 0 fully saturated rings. The van der Waals surface area contributed by atoms with Crippen LogP contribution in [0.3, 0.4) is 0 Å². The molecule has 1 unspecified atom stereocenters. The smallest absolute Gasteiger partial charge is 0.124 e. The van der Waals surface area contributed by atoms with Gasteiger partial charge in [0, 0.05) is 11.6 Å². The zero-order valence-corrected chi connectivity index (χ0v) is 12.9. The van der Waals surface area contributed by atoms with Gasteiger partial charge in [0.25, 0.3) is 0 Å². The molecule has 4 heteroatoms. The second-order valence-corrected chi connectivity index (χ2v) is 5.75. The van der Waals surface area contributed by atoms with E-state index in [9.17, 15) is 0 Å². The number of H-pyrrole nitrogens is 1. The van der Waals surface area contributed by atoms with Crippen molar-refractivity contribution >= 4 is 22.6 Å². The van der Waals surface area contributed by atoms with E-state index < -0.39 is 0 Å². The summed E-state index contributed by atoms with van der Waals surface area (Å²) in [6.45, 7) is 4.99. The summed E-state index contributed by atoms with van der Waals surface area (Å²) in [7, 11) is 0. The second kappa shape index (κ2) is 5.88. The van der Waals surface area contributed by atoms with Gasteiger partial charge in [0.05, 0.1) is 17.1 Å². The average Bonchev–Trinajstić information content (AvgIpc) is 2.90. The van der Waals surface area contributed by atoms with Crippen LogP contribution in [0.2, 0.25) is 5.02 Å². The van der Waals surface area contributed by atoms with Gasteiger partial charge in [-0.15, -0.1) is 0 Å². The summed E-state index contributed by atoms with van der Waals surface area (Å²) < 4.78 is 0. The van der Waals surface area contributed by atoms with Gasteiger partial charge in [-0.25, -0.2) is 4.98 Å². The van der Waals surface area contributed by atoms with Gasteiger partial charge in [-0.2, -0.15) is 0 Å². The normalized spacial score (nSPS) is 12.7. The van der Waals surface area contributed by atoms with E-state index in [2.05, 4.69) is 35.2 Å². The lowest BCUT2D eigenvalue weighted by molar-refractivity contribution is 0.551. The van der Waals surface area contributed by atoms with Gasteiger partial charge in [-0.05, 0) is 49.2 Å². The molecule has 0 amide bonds. The maximum Gasteiger partial charge on any atom is 0.124 e. The number of benzene rings is 2. The third kappa shape index (κ3) is 3.09. The van der Waals surface area contributed by atoms with E-state index in [1.54, 1.807) is 0 Å². The maximum atomic E-state index is 5.99. The first-order chi connectivity index (χ1) is 10.1. The van der Waals surface area contributed by atoms with Gasteiger partial charge in [-0.1, -0.05) is 29.8 Å². The van der Waals surface area contributed by atoms with Crippen molar-refractivity contribution in [2.45, 2.75) is 26.4 Å². The molecule has 108 valence electrons. The Kier molecular flexibility index (Phi) is 3.95. The summed E-state index contributed by atoms with van der Waals surface area (Å²) in [6.07, 6.45) is 0. The molecule has 0 radical (unpaired) electrons. The highest BCUT2D eigenvalue weighted by molar-refractivity contribution is 6.30. The van der Waals surface area contributed by atoms with Crippen LogP contribution in [0, 0.1) is 6.92 Å². The van der Waals surface area contributed by atoms with Gasteiger partial charge < -0.3 is 10.3 Å². The largest absolute Gasteiger partial charge is 0.341 e. The van der Waals surface area contributed by atoms with Crippen LogP contribution in [0.5, 0.6) is 0 Å². The molecule has 21 heavy (non-hydrogen) atoms. The third-order valence-corrected chi connectivity index (χ3v) is 3.96. The minimum absolute atomic E-state index is 0.160. The van der Waals surface area contributed by atoms with Gasteiger partial charge in [0.1, 0.15) is 5.82 Å². The number of aromatic amines is 1.